The van der Waals surface area contributed by atoms with E-state index in [0.29, 0.717) is 22.3 Å². The molecular weight excluding hydrogens is 749 g/mol. The fourth-order valence-corrected chi connectivity index (χ4v) is 11.4. The maximum Gasteiger partial charge on any atom is 0.261 e. The fourth-order valence-electron chi connectivity index (χ4n) is 10.5. The van der Waals surface area contributed by atoms with Gasteiger partial charge in [-0.1, -0.05) is 123 Å². The van der Waals surface area contributed by atoms with E-state index in [1.165, 1.54) is 4.88 Å². The van der Waals surface area contributed by atoms with Gasteiger partial charge in [-0.3, -0.25) is 29.0 Å². The summed E-state index contributed by atoms with van der Waals surface area (Å²) in [5.74, 6) is -0.801. The molecular formula is C52H60N2O4S. The van der Waals surface area contributed by atoms with Crippen LogP contribution in [0.4, 0.5) is 0 Å². The first-order valence-electron chi connectivity index (χ1n) is 22.7. The van der Waals surface area contributed by atoms with Crippen LogP contribution in [0.2, 0.25) is 0 Å². The molecule has 4 amide bonds. The van der Waals surface area contributed by atoms with Crippen LogP contribution < -0.4 is 0 Å². The molecule has 8 rings (SSSR count). The van der Waals surface area contributed by atoms with E-state index in [2.05, 4.69) is 65.8 Å². The van der Waals surface area contributed by atoms with Gasteiger partial charge in [0.25, 0.3) is 23.6 Å². The number of imide groups is 2. The van der Waals surface area contributed by atoms with Crippen LogP contribution in [0.3, 0.4) is 0 Å². The molecule has 7 heteroatoms. The highest BCUT2D eigenvalue weighted by Gasteiger charge is 2.41. The van der Waals surface area contributed by atoms with Crippen LogP contribution in [-0.2, 0) is 0 Å². The largest absolute Gasteiger partial charge is 0.271 e. The summed E-state index contributed by atoms with van der Waals surface area (Å²) in [4.78, 5) is 64.8. The number of nitrogens with zero attached hydrogens (tertiary/aromatic N) is 2. The zero-order chi connectivity index (χ0) is 41.5. The number of carbonyl (C=O) groups excluding carboxylic acids is 4. The molecule has 0 N–H and O–H groups in total. The van der Waals surface area contributed by atoms with Gasteiger partial charge < -0.3 is 0 Å². The van der Waals surface area contributed by atoms with Crippen LogP contribution in [0.1, 0.15) is 182 Å². The molecule has 0 unspecified atom stereocenters. The third kappa shape index (κ3) is 6.95. The molecule has 0 aliphatic carbocycles. The van der Waals surface area contributed by atoms with E-state index in [9.17, 15) is 14.4 Å². The Hall–Kier alpha value is -4.62. The van der Waals surface area contributed by atoms with E-state index in [4.69, 9.17) is 0 Å². The molecule has 1 aromatic heterocycles. The number of hydrogen-bond acceptors (Lipinski definition) is 5. The first kappa shape index (κ1) is 41.1. The first-order chi connectivity index (χ1) is 28.7. The Kier molecular flexibility index (Phi) is 12.0. The normalized spacial score (nSPS) is 14.4. The zero-order valence-corrected chi connectivity index (χ0v) is 36.8. The lowest BCUT2D eigenvalue weighted by Crippen LogP contribution is -2.47. The van der Waals surface area contributed by atoms with Crippen LogP contribution in [0.25, 0.3) is 54.2 Å². The van der Waals surface area contributed by atoms with Crippen LogP contribution >= 0.6 is 11.3 Å². The highest BCUT2D eigenvalue weighted by Crippen LogP contribution is 2.51. The monoisotopic (exact) mass is 808 g/mol. The van der Waals surface area contributed by atoms with Crippen molar-refractivity contribution in [1.29, 1.82) is 0 Å². The van der Waals surface area contributed by atoms with Gasteiger partial charge >= 0.3 is 0 Å². The Morgan fingerprint density at radius 2 is 0.831 bits per heavy atom. The summed E-state index contributed by atoms with van der Waals surface area (Å²) in [6.07, 6.45) is 15.8. The highest BCUT2D eigenvalue weighted by molar-refractivity contribution is 7.12. The Bertz CT molecular complexity index is 2560. The lowest BCUT2D eigenvalue weighted by atomic mass is 9.79. The molecule has 0 saturated carbocycles. The second-order valence-electron chi connectivity index (χ2n) is 17.4. The lowest BCUT2D eigenvalue weighted by Gasteiger charge is -2.36. The molecule has 0 spiro atoms. The van der Waals surface area contributed by atoms with Gasteiger partial charge in [-0.15, -0.1) is 11.3 Å². The molecule has 5 aromatic carbocycles. The Morgan fingerprint density at radius 3 is 1.25 bits per heavy atom. The van der Waals surface area contributed by atoms with Crippen molar-refractivity contribution >= 4 is 78.1 Å². The van der Waals surface area contributed by atoms with Gasteiger partial charge in [0.15, 0.2) is 0 Å². The van der Waals surface area contributed by atoms with E-state index < -0.39 is 0 Å². The maximum atomic E-state index is 15.0. The predicted octanol–water partition coefficient (Wildman–Crippen LogP) is 14.3. The van der Waals surface area contributed by atoms with E-state index >= 15 is 4.79 Å². The molecule has 2 aliphatic rings. The van der Waals surface area contributed by atoms with Gasteiger partial charge in [0.2, 0.25) is 0 Å². The number of aryl methyl sites for hydroxylation is 2. The number of fused-ring (bicyclic) bond motifs is 2. The number of hydrogen-bond donors (Lipinski definition) is 0. The molecule has 6 nitrogen and oxygen atoms in total. The maximum absolute atomic E-state index is 15.0. The van der Waals surface area contributed by atoms with Crippen LogP contribution in [0.5, 0.6) is 0 Å². The Balaban J connectivity index is 1.37. The average molecular weight is 809 g/mol. The van der Waals surface area contributed by atoms with Crippen molar-refractivity contribution < 1.29 is 19.2 Å². The first-order valence-corrected chi connectivity index (χ1v) is 23.6. The van der Waals surface area contributed by atoms with E-state index in [0.717, 1.165) is 162 Å². The molecule has 3 heterocycles. The SMILES string of the molecule is CCCCCC(CCCCC)N1C(=O)c2ccc3c4ccc5c6c(cc(-c7cc(C)sc7C)c(c7ccc(c2c37)C1=O)c64)C(=O)N(C(CCCCC)CCCCC)C5=O. The number of carbonyl (C=O) groups is 4. The molecule has 6 aromatic rings. The molecule has 0 bridgehead atoms. The summed E-state index contributed by atoms with van der Waals surface area (Å²) in [6.45, 7) is 13.0. The third-order valence-corrected chi connectivity index (χ3v) is 14.4. The van der Waals surface area contributed by atoms with E-state index in [-0.39, 0.29) is 35.7 Å². The molecule has 0 atom stereocenters. The molecule has 0 radical (unpaired) electrons. The van der Waals surface area contributed by atoms with Gasteiger partial charge in [-0.2, -0.15) is 0 Å². The van der Waals surface area contributed by atoms with Gasteiger partial charge in [0.1, 0.15) is 0 Å². The molecule has 0 saturated heterocycles. The highest BCUT2D eigenvalue weighted by atomic mass is 32.1. The summed E-state index contributed by atoms with van der Waals surface area (Å²) in [7, 11) is 0. The topological polar surface area (TPSA) is 74.8 Å². The minimum Gasteiger partial charge on any atom is -0.271 e. The summed E-state index contributed by atoms with van der Waals surface area (Å²) < 4.78 is 0. The van der Waals surface area contributed by atoms with Crippen molar-refractivity contribution in [2.75, 3.05) is 0 Å². The molecule has 2 aliphatic heterocycles. The van der Waals surface area contributed by atoms with Crippen LogP contribution in [0, 0.1) is 13.8 Å². The standard InChI is InChI=1S/C52H60N2O4S/c1-7-11-15-19-33(20-16-12-8-2)53-49(55)38-26-23-35-36-24-27-40-47-43(52(58)54(51(40)57)34(21-17-13-9-3)22-18-14-10-4)30-42(41-29-31(5)59-32(41)6)45(48(36)47)37-25-28-39(50(53)56)46(38)44(35)37/h23-30,33-34H,7-22H2,1-6H3. The lowest BCUT2D eigenvalue weighted by molar-refractivity contribution is 0.0501. The van der Waals surface area contributed by atoms with Crippen LogP contribution in [0.15, 0.2) is 48.5 Å². The van der Waals surface area contributed by atoms with Crippen molar-refractivity contribution in [3.63, 3.8) is 0 Å². The third-order valence-electron chi connectivity index (χ3n) is 13.4. The summed E-state index contributed by atoms with van der Waals surface area (Å²) in [5, 5.41) is 7.01. The van der Waals surface area contributed by atoms with E-state index in [1.54, 1.807) is 21.1 Å². The predicted molar refractivity (Wildman–Crippen MR) is 246 cm³/mol. The van der Waals surface area contributed by atoms with Gasteiger partial charge in [-0.25, -0.2) is 0 Å². The molecule has 59 heavy (non-hydrogen) atoms. The number of benzene rings is 5. The Morgan fingerprint density at radius 1 is 0.424 bits per heavy atom. The number of rotatable bonds is 19. The van der Waals surface area contributed by atoms with Gasteiger partial charge in [0, 0.05) is 54.9 Å². The van der Waals surface area contributed by atoms with Crippen molar-refractivity contribution in [1.82, 2.24) is 9.80 Å². The summed E-state index contributed by atoms with van der Waals surface area (Å²) in [6, 6.07) is 15.9. The second-order valence-corrected chi connectivity index (χ2v) is 18.9. The quantitative estimate of drug-likeness (QED) is 0.0353. The number of thiophene rings is 1. The second kappa shape index (κ2) is 17.2. The van der Waals surface area contributed by atoms with Gasteiger partial charge in [0.05, 0.1) is 0 Å². The van der Waals surface area contributed by atoms with Crippen molar-refractivity contribution in [2.45, 2.75) is 156 Å². The smallest absolute Gasteiger partial charge is 0.261 e. The van der Waals surface area contributed by atoms with Crippen molar-refractivity contribution in [3.05, 3.63) is 80.5 Å². The summed E-state index contributed by atoms with van der Waals surface area (Å²) in [5.41, 5.74) is 4.34. The minimum absolute atomic E-state index is 0.135. The van der Waals surface area contributed by atoms with Crippen molar-refractivity contribution in [3.8, 4) is 11.1 Å². The minimum atomic E-state index is -0.201. The molecule has 308 valence electrons. The molecule has 0 fully saturated rings. The summed E-state index contributed by atoms with van der Waals surface area (Å²) >= 11 is 1.74. The number of unbranched alkanes of at least 4 members (excludes halogenated alkanes) is 8. The average Bonchev–Trinajstić information content (AvgIpc) is 3.57. The van der Waals surface area contributed by atoms with Gasteiger partial charge in [-0.05, 0) is 113 Å². The van der Waals surface area contributed by atoms with E-state index in [1.807, 2.05) is 24.3 Å². The van der Waals surface area contributed by atoms with Crippen molar-refractivity contribution in [2.24, 2.45) is 0 Å². The zero-order valence-electron chi connectivity index (χ0n) is 36.0. The number of amides is 4. The Labute approximate surface area is 353 Å². The van der Waals surface area contributed by atoms with Crippen LogP contribution in [-0.4, -0.2) is 45.5 Å². The fraction of sp³-hybridized carbons (Fsp3) is 0.462.